The molecule has 0 fully saturated rings. The van der Waals surface area contributed by atoms with Crippen molar-refractivity contribution in [2.45, 2.75) is 51.1 Å². The molecule has 6 heteroatoms. The molecule has 3 aromatic carbocycles. The van der Waals surface area contributed by atoms with Crippen LogP contribution in [0, 0.1) is 5.92 Å². The predicted octanol–water partition coefficient (Wildman–Crippen LogP) is 5.35. The summed E-state index contributed by atoms with van der Waals surface area (Å²) in [6.07, 6.45) is 1.01. The summed E-state index contributed by atoms with van der Waals surface area (Å²) in [5.41, 5.74) is 10.1. The number of nitrogens with zero attached hydrogens (tertiary/aromatic N) is 1. The van der Waals surface area contributed by atoms with Crippen LogP contribution in [0.1, 0.15) is 48.4 Å². The first kappa shape index (κ1) is 26.5. The van der Waals surface area contributed by atoms with Gasteiger partial charge in [0.05, 0.1) is 12.5 Å². The Kier molecular flexibility index (Phi) is 8.36. The zero-order valence-corrected chi connectivity index (χ0v) is 21.0. The Hall–Kier alpha value is -3.15. The van der Waals surface area contributed by atoms with E-state index in [0.717, 1.165) is 22.4 Å². The highest BCUT2D eigenvalue weighted by Gasteiger charge is 2.49. The first-order valence-electron chi connectivity index (χ1n) is 11.8. The number of carbonyl (C=O) groups is 2. The number of amides is 1. The van der Waals surface area contributed by atoms with Crippen molar-refractivity contribution in [3.05, 3.63) is 101 Å². The largest absolute Gasteiger partial charge is 0.481 e. The van der Waals surface area contributed by atoms with Gasteiger partial charge in [0.2, 0.25) is 5.91 Å². The fourth-order valence-electron chi connectivity index (χ4n) is 4.81. The number of carboxylic acid groups (broad SMARTS) is 1. The molecule has 1 aliphatic rings. The van der Waals surface area contributed by atoms with Crippen molar-refractivity contribution in [1.82, 2.24) is 0 Å². The van der Waals surface area contributed by atoms with Crippen LogP contribution in [0.4, 0.5) is 5.69 Å². The van der Waals surface area contributed by atoms with E-state index in [1.165, 1.54) is 5.56 Å². The minimum absolute atomic E-state index is 0. The standard InChI is InChI=1S/C29H32N2O3.ClH/c1-20(2)23-14-12-22(13-15-23)19-31-26-11-7-6-10-24(26)16-17-29(30,28(31)34)25(27(32)33)18-21-8-4-3-5-9-21;/h3-15,20,25H,16-19,30H2,1-2H3,(H,32,33);1H/t25-,29?;/m1./s1. The van der Waals surface area contributed by atoms with E-state index in [2.05, 4.69) is 26.0 Å². The molecule has 5 nitrogen and oxygen atoms in total. The van der Waals surface area contributed by atoms with E-state index < -0.39 is 17.4 Å². The van der Waals surface area contributed by atoms with Gasteiger partial charge in [0.1, 0.15) is 5.54 Å². The summed E-state index contributed by atoms with van der Waals surface area (Å²) in [7, 11) is 0. The van der Waals surface area contributed by atoms with E-state index in [1.54, 1.807) is 4.90 Å². The number of anilines is 1. The van der Waals surface area contributed by atoms with E-state index >= 15 is 0 Å². The Labute approximate surface area is 213 Å². The van der Waals surface area contributed by atoms with Crippen LogP contribution < -0.4 is 10.6 Å². The predicted molar refractivity (Wildman–Crippen MR) is 142 cm³/mol. The van der Waals surface area contributed by atoms with Gasteiger partial charge in [-0.1, -0.05) is 86.6 Å². The van der Waals surface area contributed by atoms with Crippen molar-refractivity contribution in [3.8, 4) is 0 Å². The van der Waals surface area contributed by atoms with E-state index in [9.17, 15) is 14.7 Å². The van der Waals surface area contributed by atoms with E-state index in [1.807, 2.05) is 66.7 Å². The number of para-hydroxylation sites is 1. The molecule has 1 aliphatic heterocycles. The Morgan fingerprint density at radius 1 is 0.971 bits per heavy atom. The fraction of sp³-hybridized carbons (Fsp3) is 0.310. The number of benzene rings is 3. The third kappa shape index (κ3) is 5.58. The highest BCUT2D eigenvalue weighted by Crippen LogP contribution is 2.36. The highest BCUT2D eigenvalue weighted by molar-refractivity contribution is 6.04. The summed E-state index contributed by atoms with van der Waals surface area (Å²) < 4.78 is 0. The van der Waals surface area contributed by atoms with Gasteiger partial charge in [0.15, 0.2) is 0 Å². The molecule has 2 atom stereocenters. The molecule has 0 aliphatic carbocycles. The summed E-state index contributed by atoms with van der Waals surface area (Å²) in [5.74, 6) is -2.01. The minimum Gasteiger partial charge on any atom is -0.481 e. The molecular weight excluding hydrogens is 460 g/mol. The number of carbonyl (C=O) groups excluding carboxylic acids is 1. The lowest BCUT2D eigenvalue weighted by molar-refractivity contribution is -0.148. The topological polar surface area (TPSA) is 83.6 Å². The number of hydrogen-bond acceptors (Lipinski definition) is 3. The molecule has 3 N–H and O–H groups in total. The second-order valence-corrected chi connectivity index (χ2v) is 9.54. The number of halogens is 1. The Morgan fingerprint density at radius 3 is 2.23 bits per heavy atom. The molecule has 3 aromatic rings. The van der Waals surface area contributed by atoms with Crippen molar-refractivity contribution in [2.24, 2.45) is 11.7 Å². The third-order valence-corrected chi connectivity index (χ3v) is 6.92. The van der Waals surface area contributed by atoms with Crippen molar-refractivity contribution < 1.29 is 14.7 Å². The van der Waals surface area contributed by atoms with Crippen LogP contribution in [0.5, 0.6) is 0 Å². The molecule has 0 saturated heterocycles. The zero-order valence-electron chi connectivity index (χ0n) is 20.2. The Bertz CT molecular complexity index is 1160. The molecule has 35 heavy (non-hydrogen) atoms. The second-order valence-electron chi connectivity index (χ2n) is 9.54. The average Bonchev–Trinajstić information content (AvgIpc) is 2.94. The van der Waals surface area contributed by atoms with Crippen molar-refractivity contribution >= 4 is 30.0 Å². The van der Waals surface area contributed by atoms with Crippen LogP contribution in [0.15, 0.2) is 78.9 Å². The Morgan fingerprint density at radius 2 is 1.60 bits per heavy atom. The maximum atomic E-state index is 14.1. The normalized spacial score (nSPS) is 18.4. The van der Waals surface area contributed by atoms with Crippen LogP contribution in [0.25, 0.3) is 0 Å². The summed E-state index contributed by atoms with van der Waals surface area (Å²) in [4.78, 5) is 28.2. The van der Waals surface area contributed by atoms with Gasteiger partial charge in [0.25, 0.3) is 0 Å². The molecule has 0 aromatic heterocycles. The van der Waals surface area contributed by atoms with Crippen molar-refractivity contribution in [3.63, 3.8) is 0 Å². The minimum atomic E-state index is -1.53. The average molecular weight is 493 g/mol. The molecule has 0 saturated carbocycles. The van der Waals surface area contributed by atoms with Gasteiger partial charge in [-0.25, -0.2) is 0 Å². The first-order chi connectivity index (χ1) is 16.3. The summed E-state index contributed by atoms with van der Waals surface area (Å²) >= 11 is 0. The first-order valence-corrected chi connectivity index (χ1v) is 11.8. The van der Waals surface area contributed by atoms with Crippen LogP contribution >= 0.6 is 12.4 Å². The molecule has 0 bridgehead atoms. The molecular formula is C29H33ClN2O3. The number of fused-ring (bicyclic) bond motifs is 1. The molecule has 184 valence electrons. The van der Waals surface area contributed by atoms with Gasteiger partial charge in [0, 0.05) is 5.69 Å². The van der Waals surface area contributed by atoms with E-state index in [0.29, 0.717) is 18.9 Å². The molecule has 0 spiro atoms. The number of aryl methyl sites for hydroxylation is 1. The fourth-order valence-corrected chi connectivity index (χ4v) is 4.81. The zero-order chi connectivity index (χ0) is 24.3. The number of carboxylic acids is 1. The second kappa shape index (κ2) is 11.1. The van der Waals surface area contributed by atoms with Gasteiger partial charge >= 0.3 is 5.97 Å². The summed E-state index contributed by atoms with van der Waals surface area (Å²) in [5, 5.41) is 10.2. The van der Waals surface area contributed by atoms with Gasteiger partial charge in [-0.05, 0) is 53.5 Å². The molecule has 1 heterocycles. The van der Waals surface area contributed by atoms with Gasteiger partial charge in [-0.15, -0.1) is 12.4 Å². The van der Waals surface area contributed by atoms with Crippen LogP contribution in [-0.2, 0) is 29.0 Å². The smallest absolute Gasteiger partial charge is 0.309 e. The lowest BCUT2D eigenvalue weighted by atomic mass is 9.76. The van der Waals surface area contributed by atoms with Crippen LogP contribution in [0.2, 0.25) is 0 Å². The number of aliphatic carboxylic acids is 1. The number of hydrogen-bond donors (Lipinski definition) is 2. The third-order valence-electron chi connectivity index (χ3n) is 6.92. The maximum absolute atomic E-state index is 14.1. The van der Waals surface area contributed by atoms with Crippen LogP contribution in [-0.4, -0.2) is 22.5 Å². The maximum Gasteiger partial charge on any atom is 0.309 e. The van der Waals surface area contributed by atoms with E-state index in [4.69, 9.17) is 5.73 Å². The lowest BCUT2D eigenvalue weighted by Crippen LogP contribution is -2.61. The SMILES string of the molecule is CC(C)c1ccc(CN2C(=O)C(N)([C@H](Cc3ccccc3)C(=O)O)CCc3ccccc32)cc1.Cl. The highest BCUT2D eigenvalue weighted by atomic mass is 35.5. The van der Waals surface area contributed by atoms with Gasteiger partial charge in [-0.3, -0.25) is 9.59 Å². The van der Waals surface area contributed by atoms with Crippen molar-refractivity contribution in [2.75, 3.05) is 4.90 Å². The Balaban J connectivity index is 0.00000342. The quantitative estimate of drug-likeness (QED) is 0.465. The molecule has 0 radical (unpaired) electrons. The molecule has 4 rings (SSSR count). The van der Waals surface area contributed by atoms with Crippen LogP contribution in [0.3, 0.4) is 0 Å². The van der Waals surface area contributed by atoms with E-state index in [-0.39, 0.29) is 31.2 Å². The number of rotatable bonds is 7. The van der Waals surface area contributed by atoms with Gasteiger partial charge < -0.3 is 15.7 Å². The van der Waals surface area contributed by atoms with Crippen molar-refractivity contribution in [1.29, 1.82) is 0 Å². The summed E-state index contributed by atoms with van der Waals surface area (Å²) in [6, 6.07) is 25.4. The molecule has 1 unspecified atom stereocenters. The lowest BCUT2D eigenvalue weighted by Gasteiger charge is -2.36. The summed E-state index contributed by atoms with van der Waals surface area (Å²) in [6.45, 7) is 4.63. The number of nitrogens with two attached hydrogens (primary N) is 1. The monoisotopic (exact) mass is 492 g/mol. The van der Waals surface area contributed by atoms with Gasteiger partial charge in [-0.2, -0.15) is 0 Å². The molecule has 1 amide bonds.